The van der Waals surface area contributed by atoms with Gasteiger partial charge in [-0.15, -0.1) is 10.2 Å². The van der Waals surface area contributed by atoms with Crippen LogP contribution in [0.3, 0.4) is 0 Å². The molecule has 0 aromatic carbocycles. The van der Waals surface area contributed by atoms with E-state index in [1.54, 1.807) is 6.20 Å². The number of nitrogens with zero attached hydrogens (tertiary/aromatic N) is 4. The lowest BCUT2D eigenvalue weighted by atomic mass is 9.83. The molecule has 2 heterocycles. The first-order valence-electron chi connectivity index (χ1n) is 6.68. The highest BCUT2D eigenvalue weighted by Crippen LogP contribution is 2.29. The van der Waals surface area contributed by atoms with Crippen molar-refractivity contribution in [2.24, 2.45) is 5.92 Å². The molecule has 0 radical (unpaired) electrons. The summed E-state index contributed by atoms with van der Waals surface area (Å²) in [6, 6.07) is 3.74. The lowest BCUT2D eigenvalue weighted by Gasteiger charge is -2.20. The van der Waals surface area contributed by atoms with Gasteiger partial charge in [0.05, 0.1) is 5.92 Å². The van der Waals surface area contributed by atoms with Crippen molar-refractivity contribution in [3.63, 3.8) is 0 Å². The van der Waals surface area contributed by atoms with E-state index in [2.05, 4.69) is 41.5 Å². The first-order valence-corrected chi connectivity index (χ1v) is 7.47. The zero-order valence-corrected chi connectivity index (χ0v) is 13.1. The lowest BCUT2D eigenvalue weighted by Crippen LogP contribution is -2.25. The molecule has 2 aromatic rings. The summed E-state index contributed by atoms with van der Waals surface area (Å²) < 4.78 is 0.741. The Hall–Kier alpha value is -1.83. The van der Waals surface area contributed by atoms with E-state index in [1.165, 1.54) is 0 Å². The molecule has 0 saturated carbocycles. The van der Waals surface area contributed by atoms with Gasteiger partial charge in [0, 0.05) is 12.1 Å². The maximum Gasteiger partial charge on any atom is 0.307 e. The van der Waals surface area contributed by atoms with Crippen molar-refractivity contribution in [1.82, 2.24) is 25.6 Å². The van der Waals surface area contributed by atoms with Gasteiger partial charge in [0.1, 0.15) is 4.60 Å². The van der Waals surface area contributed by atoms with Crippen LogP contribution in [0.4, 0.5) is 0 Å². The highest BCUT2D eigenvalue weighted by atomic mass is 79.9. The molecule has 0 aliphatic rings. The molecule has 2 N–H and O–H groups in total. The van der Waals surface area contributed by atoms with E-state index in [0.29, 0.717) is 18.7 Å². The van der Waals surface area contributed by atoms with Crippen molar-refractivity contribution >= 4 is 21.9 Å². The number of tetrazole rings is 1. The second-order valence-corrected chi connectivity index (χ2v) is 5.62. The molecule has 112 valence electrons. The molecule has 8 heteroatoms. The molecular weight excluding hydrogens is 338 g/mol. The molecule has 0 aliphatic carbocycles. The summed E-state index contributed by atoms with van der Waals surface area (Å²) in [6.07, 6.45) is 3.58. The van der Waals surface area contributed by atoms with Crippen molar-refractivity contribution in [3.8, 4) is 0 Å². The van der Waals surface area contributed by atoms with Crippen LogP contribution in [0.15, 0.2) is 22.9 Å². The number of pyridine rings is 1. The van der Waals surface area contributed by atoms with Crippen LogP contribution in [-0.2, 0) is 11.2 Å². The number of carboxylic acids is 1. The minimum atomic E-state index is -0.836. The van der Waals surface area contributed by atoms with Gasteiger partial charge in [0.2, 0.25) is 0 Å². The quantitative estimate of drug-likeness (QED) is 0.739. The highest BCUT2D eigenvalue weighted by Gasteiger charge is 2.31. The Balaban J connectivity index is 2.27. The van der Waals surface area contributed by atoms with E-state index in [1.807, 2.05) is 19.1 Å². The maximum atomic E-state index is 11.6. The molecule has 0 bridgehead atoms. The fourth-order valence-corrected chi connectivity index (χ4v) is 2.56. The third-order valence-corrected chi connectivity index (χ3v) is 3.81. The predicted octanol–water partition coefficient (Wildman–Crippen LogP) is 2.18. The van der Waals surface area contributed by atoms with E-state index in [0.717, 1.165) is 16.6 Å². The average molecular weight is 354 g/mol. The number of H-pyrrole nitrogens is 1. The fourth-order valence-electron chi connectivity index (χ4n) is 2.33. The van der Waals surface area contributed by atoms with Gasteiger partial charge in [0.25, 0.3) is 0 Å². The zero-order chi connectivity index (χ0) is 15.2. The van der Waals surface area contributed by atoms with Crippen LogP contribution in [0.1, 0.15) is 37.1 Å². The number of hydrogen-bond donors (Lipinski definition) is 2. The summed E-state index contributed by atoms with van der Waals surface area (Å²) in [5.74, 6) is -1.28. The zero-order valence-electron chi connectivity index (χ0n) is 11.5. The molecule has 2 aromatic heterocycles. The van der Waals surface area contributed by atoms with Crippen LogP contribution in [0.2, 0.25) is 0 Å². The van der Waals surface area contributed by atoms with Crippen molar-refractivity contribution in [1.29, 1.82) is 0 Å². The third kappa shape index (κ3) is 4.07. The fraction of sp³-hybridized carbons (Fsp3) is 0.462. The number of aromatic nitrogens is 5. The topological polar surface area (TPSA) is 105 Å². The molecule has 2 rings (SSSR count). The third-order valence-electron chi connectivity index (χ3n) is 3.34. The van der Waals surface area contributed by atoms with Crippen LogP contribution in [0.25, 0.3) is 0 Å². The Bertz CT molecular complexity index is 573. The molecule has 21 heavy (non-hydrogen) atoms. The van der Waals surface area contributed by atoms with Crippen molar-refractivity contribution in [2.75, 3.05) is 0 Å². The van der Waals surface area contributed by atoms with Crippen molar-refractivity contribution in [3.05, 3.63) is 34.3 Å². The smallest absolute Gasteiger partial charge is 0.307 e. The molecule has 0 amide bonds. The van der Waals surface area contributed by atoms with Crippen LogP contribution in [0.5, 0.6) is 0 Å². The molecule has 0 saturated heterocycles. The summed E-state index contributed by atoms with van der Waals surface area (Å²) in [5, 5.41) is 23.4. The van der Waals surface area contributed by atoms with E-state index in [-0.39, 0.29) is 5.92 Å². The van der Waals surface area contributed by atoms with E-state index >= 15 is 0 Å². The predicted molar refractivity (Wildman–Crippen MR) is 78.6 cm³/mol. The number of aliphatic carboxylic acids is 1. The van der Waals surface area contributed by atoms with E-state index in [4.69, 9.17) is 0 Å². The summed E-state index contributed by atoms with van der Waals surface area (Å²) in [6.45, 7) is 1.96. The van der Waals surface area contributed by atoms with Gasteiger partial charge in [-0.3, -0.25) is 4.79 Å². The number of hydrogen-bond acceptors (Lipinski definition) is 5. The van der Waals surface area contributed by atoms with Gasteiger partial charge >= 0.3 is 5.97 Å². The number of halogens is 1. The Kier molecular flexibility index (Phi) is 5.38. The van der Waals surface area contributed by atoms with Crippen LogP contribution < -0.4 is 0 Å². The van der Waals surface area contributed by atoms with Gasteiger partial charge < -0.3 is 5.11 Å². The van der Waals surface area contributed by atoms with Crippen LogP contribution >= 0.6 is 15.9 Å². The van der Waals surface area contributed by atoms with Gasteiger partial charge in [-0.05, 0) is 40.4 Å². The number of nitrogens with one attached hydrogen (secondary N) is 1. The maximum absolute atomic E-state index is 11.6. The molecular formula is C13H16BrN5O2. The Morgan fingerprint density at radius 1 is 1.48 bits per heavy atom. The molecule has 0 fully saturated rings. The Morgan fingerprint density at radius 3 is 2.81 bits per heavy atom. The van der Waals surface area contributed by atoms with Gasteiger partial charge in [-0.1, -0.05) is 24.6 Å². The normalized spacial score (nSPS) is 13.8. The molecule has 0 aliphatic heterocycles. The number of rotatable bonds is 7. The van der Waals surface area contributed by atoms with Crippen LogP contribution in [0, 0.1) is 5.92 Å². The molecule has 2 atom stereocenters. The molecule has 1 unspecified atom stereocenters. The van der Waals surface area contributed by atoms with Gasteiger partial charge in [-0.25, -0.2) is 4.98 Å². The van der Waals surface area contributed by atoms with Crippen molar-refractivity contribution in [2.45, 2.75) is 32.1 Å². The van der Waals surface area contributed by atoms with Gasteiger partial charge in [0.15, 0.2) is 5.82 Å². The van der Waals surface area contributed by atoms with E-state index in [9.17, 15) is 9.90 Å². The monoisotopic (exact) mass is 353 g/mol. The first kappa shape index (κ1) is 15.6. The minimum absolute atomic E-state index is 0.329. The Morgan fingerprint density at radius 2 is 2.29 bits per heavy atom. The number of aromatic amines is 1. The summed E-state index contributed by atoms with van der Waals surface area (Å²) in [4.78, 5) is 15.7. The number of carbonyl (C=O) groups is 1. The highest BCUT2D eigenvalue weighted by molar-refractivity contribution is 9.10. The minimum Gasteiger partial charge on any atom is -0.481 e. The Labute approximate surface area is 130 Å². The molecule has 7 nitrogen and oxygen atoms in total. The second kappa shape index (κ2) is 7.26. The average Bonchev–Trinajstić information content (AvgIpc) is 2.98. The number of carboxylic acid groups (broad SMARTS) is 1. The van der Waals surface area contributed by atoms with E-state index < -0.39 is 11.9 Å². The summed E-state index contributed by atoms with van der Waals surface area (Å²) in [7, 11) is 0. The van der Waals surface area contributed by atoms with Gasteiger partial charge in [-0.2, -0.15) is 5.21 Å². The molecule has 0 spiro atoms. The second-order valence-electron chi connectivity index (χ2n) is 4.80. The first-order chi connectivity index (χ1) is 10.1. The summed E-state index contributed by atoms with van der Waals surface area (Å²) in [5.41, 5.74) is 0.940. The van der Waals surface area contributed by atoms with Crippen LogP contribution in [-0.4, -0.2) is 36.7 Å². The largest absolute Gasteiger partial charge is 0.481 e. The summed E-state index contributed by atoms with van der Waals surface area (Å²) >= 11 is 3.28. The lowest BCUT2D eigenvalue weighted by molar-refractivity contribution is -0.142. The van der Waals surface area contributed by atoms with Crippen molar-refractivity contribution < 1.29 is 9.90 Å². The SMILES string of the molecule is CCCC(C(=O)O)[C@H](Cc1ccc(Br)nc1)c1nn[nH]n1. The standard InChI is InChI=1S/C13H16BrN5O2/c1-2-3-9(13(20)21)10(12-16-18-19-17-12)6-8-4-5-11(14)15-7-8/h4-5,7,9-10H,2-3,6H2,1H3,(H,20,21)(H,16,17,18,19)/t9?,10-/m0/s1.